The molecule has 0 spiro atoms. The number of aliphatic imine (C=N–C) groups is 1. The molecule has 0 aliphatic rings. The molecule has 7 heteroatoms. The maximum atomic E-state index is 13.0. The molecule has 0 fully saturated rings. The standard InChI is InChI=1S/C34H37N3O4/c1-6-8-10-13-26(3)37(30-14-11-9-12-15-30)31-22-16-27(17-23-31)24-32(40-5)33(38)36(4)25-35-29-20-18-28(19-21-29)34(39)41-7-2/h6,8-12,14-26H,1,7,13H2,2-5H3/b10-8-,32-24+,35-25-. The van der Waals surface area contributed by atoms with E-state index in [2.05, 4.69) is 41.6 Å². The molecule has 0 aromatic heterocycles. The molecule has 0 aliphatic heterocycles. The number of esters is 1. The third-order valence-electron chi connectivity index (χ3n) is 6.20. The number of likely N-dealkylation sites (N-methyl/N-ethyl adjacent to an activating group) is 1. The summed E-state index contributed by atoms with van der Waals surface area (Å²) in [5.74, 6) is -0.564. The van der Waals surface area contributed by atoms with E-state index >= 15 is 0 Å². The molecule has 1 unspecified atom stereocenters. The first-order valence-electron chi connectivity index (χ1n) is 13.4. The van der Waals surface area contributed by atoms with Gasteiger partial charge in [-0.1, -0.05) is 55.1 Å². The predicted molar refractivity (Wildman–Crippen MR) is 167 cm³/mol. The van der Waals surface area contributed by atoms with Gasteiger partial charge in [-0.25, -0.2) is 9.79 Å². The van der Waals surface area contributed by atoms with Gasteiger partial charge in [0.15, 0.2) is 5.76 Å². The van der Waals surface area contributed by atoms with Crippen molar-refractivity contribution in [3.8, 4) is 0 Å². The highest BCUT2D eigenvalue weighted by molar-refractivity contribution is 6.01. The van der Waals surface area contributed by atoms with E-state index in [9.17, 15) is 9.59 Å². The molecule has 0 bridgehead atoms. The molecule has 0 N–H and O–H groups in total. The summed E-state index contributed by atoms with van der Waals surface area (Å²) in [5, 5.41) is 0. The largest absolute Gasteiger partial charge is 0.491 e. The van der Waals surface area contributed by atoms with Crippen molar-refractivity contribution in [2.75, 3.05) is 25.7 Å². The highest BCUT2D eigenvalue weighted by Gasteiger charge is 2.17. The average molecular weight is 552 g/mol. The Balaban J connectivity index is 1.74. The zero-order chi connectivity index (χ0) is 29.6. The molecule has 212 valence electrons. The fourth-order valence-electron chi connectivity index (χ4n) is 4.09. The van der Waals surface area contributed by atoms with Gasteiger partial charge in [0, 0.05) is 24.5 Å². The number of anilines is 2. The van der Waals surface area contributed by atoms with Crippen LogP contribution in [-0.2, 0) is 14.3 Å². The Morgan fingerprint density at radius 3 is 2.24 bits per heavy atom. The van der Waals surface area contributed by atoms with Gasteiger partial charge in [-0.05, 0) is 80.4 Å². The Labute approximate surface area is 242 Å². The minimum Gasteiger partial charge on any atom is -0.491 e. The van der Waals surface area contributed by atoms with E-state index in [0.717, 1.165) is 23.4 Å². The number of carbonyl (C=O) groups excluding carboxylic acids is 2. The monoisotopic (exact) mass is 551 g/mol. The Morgan fingerprint density at radius 1 is 0.976 bits per heavy atom. The van der Waals surface area contributed by atoms with E-state index in [1.165, 1.54) is 18.3 Å². The second-order valence-corrected chi connectivity index (χ2v) is 9.19. The zero-order valence-electron chi connectivity index (χ0n) is 24.1. The lowest BCUT2D eigenvalue weighted by atomic mass is 10.1. The Bertz CT molecular complexity index is 1380. The van der Waals surface area contributed by atoms with Gasteiger partial charge in [-0.3, -0.25) is 9.69 Å². The number of ether oxygens (including phenoxy) is 2. The molecule has 7 nitrogen and oxygen atoms in total. The van der Waals surface area contributed by atoms with Gasteiger partial charge in [0.2, 0.25) is 0 Å². The normalized spacial score (nSPS) is 12.2. The number of benzene rings is 3. The van der Waals surface area contributed by atoms with Gasteiger partial charge < -0.3 is 14.4 Å². The van der Waals surface area contributed by atoms with Crippen molar-refractivity contribution in [2.24, 2.45) is 4.99 Å². The first-order chi connectivity index (χ1) is 19.9. The van der Waals surface area contributed by atoms with Crippen molar-refractivity contribution in [2.45, 2.75) is 26.3 Å². The van der Waals surface area contributed by atoms with Gasteiger partial charge in [-0.15, -0.1) is 0 Å². The summed E-state index contributed by atoms with van der Waals surface area (Å²) in [6.07, 6.45) is 9.82. The number of carbonyl (C=O) groups is 2. The molecule has 3 aromatic carbocycles. The summed E-state index contributed by atoms with van der Waals surface area (Å²) in [6, 6.07) is 25.1. The quantitative estimate of drug-likeness (QED) is 0.0556. The fourth-order valence-corrected chi connectivity index (χ4v) is 4.09. The predicted octanol–water partition coefficient (Wildman–Crippen LogP) is 7.33. The number of amides is 1. The van der Waals surface area contributed by atoms with Crippen LogP contribution in [-0.4, -0.2) is 49.9 Å². The number of hydrogen-bond donors (Lipinski definition) is 0. The van der Waals surface area contributed by atoms with Crippen LogP contribution in [0.4, 0.5) is 17.1 Å². The Hall–Kier alpha value is -4.91. The molecule has 0 saturated carbocycles. The van der Waals surface area contributed by atoms with Crippen LogP contribution in [0.5, 0.6) is 0 Å². The van der Waals surface area contributed by atoms with Gasteiger partial charge in [-0.2, -0.15) is 0 Å². The summed E-state index contributed by atoms with van der Waals surface area (Å²) >= 11 is 0. The van der Waals surface area contributed by atoms with E-state index in [0.29, 0.717) is 17.9 Å². The number of methoxy groups -OCH3 is 1. The van der Waals surface area contributed by atoms with Crippen LogP contribution < -0.4 is 4.90 Å². The summed E-state index contributed by atoms with van der Waals surface area (Å²) in [4.78, 5) is 32.8. The maximum absolute atomic E-state index is 13.0. The first kappa shape index (κ1) is 30.6. The number of rotatable bonds is 13. The number of allylic oxidation sites excluding steroid dienone is 2. The molecule has 3 rings (SSSR count). The van der Waals surface area contributed by atoms with Gasteiger partial charge in [0.1, 0.15) is 0 Å². The summed E-state index contributed by atoms with van der Waals surface area (Å²) in [7, 11) is 3.07. The topological polar surface area (TPSA) is 71.4 Å². The fraction of sp³-hybridized carbons (Fsp3) is 0.206. The van der Waals surface area contributed by atoms with Crippen LogP contribution in [0.2, 0.25) is 0 Å². The number of nitrogens with zero attached hydrogens (tertiary/aromatic N) is 3. The van der Waals surface area contributed by atoms with Crippen LogP contribution in [0, 0.1) is 0 Å². The zero-order valence-corrected chi connectivity index (χ0v) is 24.1. The molecule has 0 radical (unpaired) electrons. The Kier molecular flexibility index (Phi) is 11.7. The summed E-state index contributed by atoms with van der Waals surface area (Å²) in [5.41, 5.74) is 3.99. The minimum absolute atomic E-state index is 0.173. The molecular weight excluding hydrogens is 514 g/mol. The molecule has 1 atom stereocenters. The maximum Gasteiger partial charge on any atom is 0.338 e. The average Bonchev–Trinajstić information content (AvgIpc) is 3.00. The minimum atomic E-state index is -0.388. The molecule has 3 aromatic rings. The lowest BCUT2D eigenvalue weighted by Crippen LogP contribution is -2.28. The molecule has 1 amide bonds. The van der Waals surface area contributed by atoms with Crippen molar-refractivity contribution in [1.29, 1.82) is 0 Å². The smallest absolute Gasteiger partial charge is 0.338 e. The van der Waals surface area contributed by atoms with Crippen LogP contribution in [0.3, 0.4) is 0 Å². The van der Waals surface area contributed by atoms with Crippen molar-refractivity contribution in [3.05, 3.63) is 121 Å². The molecular formula is C34H37N3O4. The first-order valence-corrected chi connectivity index (χ1v) is 13.4. The Morgan fingerprint density at radius 2 is 1.63 bits per heavy atom. The van der Waals surface area contributed by atoms with Gasteiger partial charge >= 0.3 is 5.97 Å². The van der Waals surface area contributed by atoms with Crippen LogP contribution in [0.15, 0.2) is 114 Å². The van der Waals surface area contributed by atoms with Crippen molar-refractivity contribution in [1.82, 2.24) is 4.90 Å². The third kappa shape index (κ3) is 8.80. The van der Waals surface area contributed by atoms with E-state index < -0.39 is 0 Å². The van der Waals surface area contributed by atoms with E-state index in [1.807, 2.05) is 48.5 Å². The van der Waals surface area contributed by atoms with Crippen molar-refractivity contribution in [3.63, 3.8) is 0 Å². The highest BCUT2D eigenvalue weighted by atomic mass is 16.5. The lowest BCUT2D eigenvalue weighted by molar-refractivity contribution is -0.125. The van der Waals surface area contributed by atoms with Crippen molar-refractivity contribution < 1.29 is 19.1 Å². The van der Waals surface area contributed by atoms with E-state index in [1.54, 1.807) is 50.4 Å². The van der Waals surface area contributed by atoms with Gasteiger partial charge in [0.25, 0.3) is 5.91 Å². The van der Waals surface area contributed by atoms with Crippen LogP contribution in [0.25, 0.3) is 6.08 Å². The number of para-hydroxylation sites is 1. The van der Waals surface area contributed by atoms with Gasteiger partial charge in [0.05, 0.1) is 31.3 Å². The van der Waals surface area contributed by atoms with Crippen LogP contribution >= 0.6 is 0 Å². The van der Waals surface area contributed by atoms with Crippen LogP contribution in [0.1, 0.15) is 36.2 Å². The molecule has 0 saturated heterocycles. The molecule has 0 aliphatic carbocycles. The third-order valence-corrected chi connectivity index (χ3v) is 6.20. The summed E-state index contributed by atoms with van der Waals surface area (Å²) in [6.45, 7) is 8.01. The lowest BCUT2D eigenvalue weighted by Gasteiger charge is -2.31. The SMILES string of the molecule is C=C/C=C\CC(C)N(c1ccccc1)c1ccc(/C=C(/OC)C(=O)N(C)/C=N\c2ccc(C(=O)OCC)cc2)cc1. The second kappa shape index (κ2) is 15.6. The second-order valence-electron chi connectivity index (χ2n) is 9.19. The van der Waals surface area contributed by atoms with E-state index in [-0.39, 0.29) is 23.7 Å². The number of hydrogen-bond acceptors (Lipinski definition) is 6. The van der Waals surface area contributed by atoms with E-state index in [4.69, 9.17) is 9.47 Å². The summed E-state index contributed by atoms with van der Waals surface area (Å²) < 4.78 is 10.4. The molecule has 41 heavy (non-hydrogen) atoms. The van der Waals surface area contributed by atoms with Crippen molar-refractivity contribution >= 4 is 41.4 Å². The molecule has 0 heterocycles. The highest BCUT2D eigenvalue weighted by Crippen LogP contribution is 2.29.